The van der Waals surface area contributed by atoms with Crippen LogP contribution >= 0.6 is 15.9 Å². The average molecular weight is 738 g/mol. The van der Waals surface area contributed by atoms with Gasteiger partial charge in [-0.3, -0.25) is 25.3 Å². The van der Waals surface area contributed by atoms with E-state index in [0.717, 1.165) is 16.4 Å². The lowest BCUT2D eigenvalue weighted by molar-refractivity contribution is -0.132. The molecule has 1 aliphatic rings. The number of fused-ring (bicyclic) bond motifs is 1. The van der Waals surface area contributed by atoms with E-state index in [1.54, 1.807) is 5.43 Å². The molecule has 0 radical (unpaired) electrons. The van der Waals surface area contributed by atoms with E-state index >= 15 is 0 Å². The number of benzene rings is 1. The fourth-order valence-corrected chi connectivity index (χ4v) is 8.01. The number of hydrogen-bond acceptors (Lipinski definition) is 7. The number of nitrogens with zero attached hydrogens (tertiary/aromatic N) is 4. The first-order valence-corrected chi connectivity index (χ1v) is 23.6. The number of rotatable bonds is 15. The molecule has 1 aromatic carbocycles. The third-order valence-corrected chi connectivity index (χ3v) is 12.7. The number of carbonyl (C=O) groups is 2. The summed E-state index contributed by atoms with van der Waals surface area (Å²) in [5, 5.41) is 4.34. The first-order valence-electron chi connectivity index (χ1n) is 14.0. The third kappa shape index (κ3) is 9.14. The van der Waals surface area contributed by atoms with Crippen LogP contribution in [0, 0.1) is 6.57 Å². The minimum atomic E-state index is -4.33. The smallest absolute Gasteiger partial charge is 0.317 e. The van der Waals surface area contributed by atoms with Crippen LogP contribution in [-0.4, -0.2) is 82.5 Å². The Bertz CT molecular complexity index is 1530. The van der Waals surface area contributed by atoms with Gasteiger partial charge < -0.3 is 9.47 Å². The van der Waals surface area contributed by atoms with Crippen LogP contribution in [-0.2, 0) is 31.0 Å². The van der Waals surface area contributed by atoms with Crippen molar-refractivity contribution in [3.8, 4) is 0 Å². The number of aromatic nitrogens is 2. The highest BCUT2D eigenvalue weighted by Crippen LogP contribution is 2.46. The zero-order chi connectivity index (χ0) is 33.1. The molecule has 2 amide bonds. The van der Waals surface area contributed by atoms with Gasteiger partial charge in [-0.1, -0.05) is 43.6 Å². The van der Waals surface area contributed by atoms with E-state index in [2.05, 4.69) is 65.2 Å². The minimum absolute atomic E-state index is 0.0582. The van der Waals surface area contributed by atoms with Crippen molar-refractivity contribution < 1.29 is 36.3 Å². The molecule has 44 heavy (non-hydrogen) atoms. The van der Waals surface area contributed by atoms with E-state index < -0.39 is 50.1 Å². The summed E-state index contributed by atoms with van der Waals surface area (Å²) in [5.41, 5.74) is 2.24. The number of nitrogens with one attached hydrogen (secondary N) is 2. The molecule has 1 heterocycles. The first-order chi connectivity index (χ1) is 20.3. The van der Waals surface area contributed by atoms with E-state index in [0.29, 0.717) is 31.6 Å². The lowest BCUT2D eigenvalue weighted by atomic mass is 10.2. The van der Waals surface area contributed by atoms with Gasteiger partial charge >= 0.3 is 18.0 Å². The fourth-order valence-electron chi connectivity index (χ4n) is 4.01. The molecule has 0 spiro atoms. The number of alkyl halides is 2. The Balaban J connectivity index is 2.03. The van der Waals surface area contributed by atoms with E-state index in [9.17, 15) is 26.8 Å². The molecule has 1 aromatic heterocycles. The summed E-state index contributed by atoms with van der Waals surface area (Å²) in [7, 11) is -7.20. The monoisotopic (exact) mass is 736 g/mol. The van der Waals surface area contributed by atoms with Crippen LogP contribution in [0.4, 0.5) is 8.78 Å². The Morgan fingerprint density at radius 2 is 1.70 bits per heavy atom. The second-order valence-electron chi connectivity index (χ2n) is 13.0. The predicted octanol–water partition coefficient (Wildman–Crippen LogP) is 4.85. The third-order valence-electron chi connectivity index (χ3n) is 6.86. The zero-order valence-electron chi connectivity index (χ0n) is 25.7. The fraction of sp³-hybridized carbons (Fsp3) is 0.615. The van der Waals surface area contributed by atoms with E-state index in [4.69, 9.17) is 16.0 Å². The van der Waals surface area contributed by atoms with Gasteiger partial charge in [-0.05, 0) is 40.2 Å². The highest BCUT2D eigenvalue weighted by molar-refractivity contribution is 9.10. The number of carbonyl (C=O) groups excluding carboxylic acids is 2. The molecule has 3 rings (SSSR count). The van der Waals surface area contributed by atoms with Crippen LogP contribution in [0.3, 0.4) is 0 Å². The summed E-state index contributed by atoms with van der Waals surface area (Å²) in [5.74, 6) is -2.77. The molecule has 2 aromatic rings. The van der Waals surface area contributed by atoms with Crippen molar-refractivity contribution in [2.24, 2.45) is 0 Å². The van der Waals surface area contributed by atoms with Crippen molar-refractivity contribution in [3.63, 3.8) is 0 Å². The predicted molar refractivity (Wildman–Crippen MR) is 170 cm³/mol. The Morgan fingerprint density at radius 1 is 1.11 bits per heavy atom. The number of hydrazine groups is 1. The molecule has 0 bridgehead atoms. The molecule has 0 unspecified atom stereocenters. The maximum Gasteiger partial charge on any atom is 0.317 e. The Hall–Kier alpha value is -2.28. The molecule has 0 saturated heterocycles. The average Bonchev–Trinajstić information content (AvgIpc) is 3.61. The quantitative estimate of drug-likeness (QED) is 0.0878. The van der Waals surface area contributed by atoms with Crippen molar-refractivity contribution in [3.05, 3.63) is 33.7 Å². The Labute approximate surface area is 266 Å². The summed E-state index contributed by atoms with van der Waals surface area (Å²) < 4.78 is 67.7. The maximum absolute atomic E-state index is 14.0. The standard InChI is InChI=1S/C26H39BrF2N6O6SSi2/c1-30-26(8-9-26)35(17-41-11-13-44(5,6)7)42(38,39)18-14-19-21(24(36)31-32-25(37)23(28)29)33-34(22(19)20(27)15-18)16-40-10-12-43(2,3)4/h14-15,23H,8-13,16-17H2,2-7H3,(H,31,36)(H,32,37). The van der Waals surface area contributed by atoms with Crippen molar-refractivity contribution in [2.75, 3.05) is 19.9 Å². The largest absolute Gasteiger partial charge is 0.365 e. The van der Waals surface area contributed by atoms with Crippen LogP contribution in [0.15, 0.2) is 21.5 Å². The molecule has 244 valence electrons. The number of sulfonamides is 1. The van der Waals surface area contributed by atoms with Gasteiger partial charge in [0.2, 0.25) is 0 Å². The van der Waals surface area contributed by atoms with Gasteiger partial charge in [0.25, 0.3) is 15.9 Å². The Kier molecular flexibility index (Phi) is 11.5. The van der Waals surface area contributed by atoms with E-state index in [-0.39, 0.29) is 33.9 Å². The molecular weight excluding hydrogens is 698 g/mol. The molecular formula is C26H39BrF2N6O6SSi2. The van der Waals surface area contributed by atoms with Crippen molar-refractivity contribution in [1.29, 1.82) is 0 Å². The molecule has 2 N–H and O–H groups in total. The van der Waals surface area contributed by atoms with Crippen molar-refractivity contribution in [2.45, 2.75) is 87.9 Å². The minimum Gasteiger partial charge on any atom is -0.365 e. The molecule has 18 heteroatoms. The summed E-state index contributed by atoms with van der Waals surface area (Å²) >= 11 is 3.41. The summed E-state index contributed by atoms with van der Waals surface area (Å²) in [4.78, 5) is 27.8. The molecule has 1 fully saturated rings. The number of ether oxygens (including phenoxy) is 2. The normalized spacial score (nSPS) is 15.0. The summed E-state index contributed by atoms with van der Waals surface area (Å²) in [6.45, 7) is 21.2. The van der Waals surface area contributed by atoms with Gasteiger partial charge in [0, 0.05) is 39.2 Å². The van der Waals surface area contributed by atoms with Crippen molar-refractivity contribution >= 4 is 64.8 Å². The van der Waals surface area contributed by atoms with Gasteiger partial charge in [-0.15, -0.1) is 0 Å². The number of hydrogen-bond donors (Lipinski definition) is 2. The van der Waals surface area contributed by atoms with Crippen LogP contribution in [0.25, 0.3) is 15.7 Å². The van der Waals surface area contributed by atoms with Crippen LogP contribution in [0.1, 0.15) is 23.3 Å². The molecule has 0 atom stereocenters. The topological polar surface area (TPSA) is 136 Å². The highest BCUT2D eigenvalue weighted by Gasteiger charge is 2.61. The van der Waals surface area contributed by atoms with Crippen molar-refractivity contribution in [1.82, 2.24) is 24.9 Å². The van der Waals surface area contributed by atoms with Gasteiger partial charge in [-0.25, -0.2) is 19.7 Å². The zero-order valence-corrected chi connectivity index (χ0v) is 30.1. The van der Waals surface area contributed by atoms with E-state index in [1.807, 2.05) is 5.43 Å². The molecule has 12 nitrogen and oxygen atoms in total. The molecule has 1 saturated carbocycles. The number of amides is 2. The summed E-state index contributed by atoms with van der Waals surface area (Å²) in [6.07, 6.45) is -2.67. The van der Waals surface area contributed by atoms with Crippen LogP contribution in [0.2, 0.25) is 51.4 Å². The lowest BCUT2D eigenvalue weighted by Crippen LogP contribution is -2.44. The van der Waals surface area contributed by atoms with Crippen LogP contribution in [0.5, 0.6) is 0 Å². The van der Waals surface area contributed by atoms with Crippen LogP contribution < -0.4 is 10.9 Å². The second kappa shape index (κ2) is 14.0. The van der Waals surface area contributed by atoms with Gasteiger partial charge in [0.1, 0.15) is 13.5 Å². The molecule has 1 aliphatic carbocycles. The Morgan fingerprint density at radius 3 is 2.23 bits per heavy atom. The maximum atomic E-state index is 14.0. The van der Waals surface area contributed by atoms with Gasteiger partial charge in [-0.2, -0.15) is 13.9 Å². The second-order valence-corrected chi connectivity index (χ2v) is 27.0. The van der Waals surface area contributed by atoms with Gasteiger partial charge in [0.15, 0.2) is 5.69 Å². The van der Waals surface area contributed by atoms with E-state index in [1.165, 1.54) is 16.8 Å². The van der Waals surface area contributed by atoms with Gasteiger partial charge in [0.05, 0.1) is 23.3 Å². The lowest BCUT2D eigenvalue weighted by Gasteiger charge is -2.24. The summed E-state index contributed by atoms with van der Waals surface area (Å²) in [6, 6.07) is 4.26. The molecule has 0 aliphatic heterocycles. The highest BCUT2D eigenvalue weighted by atomic mass is 79.9. The number of halogens is 3. The SMILES string of the molecule is [C-]#[N+]C1(N(COCC[Si](C)(C)C)S(=O)(=O)c2cc(Br)c3c(c2)c(C(=O)NNC(=O)C(F)F)nn3COCC[Si](C)(C)C)CC1. The first kappa shape index (κ1) is 36.2.